The van der Waals surface area contributed by atoms with E-state index in [4.69, 9.17) is 8.83 Å². The molecule has 2 saturated heterocycles. The van der Waals surface area contributed by atoms with Gasteiger partial charge >= 0.3 is 24.9 Å². The summed E-state index contributed by atoms with van der Waals surface area (Å²) in [6.45, 7) is 1.87. The minimum Gasteiger partial charge on any atom is -0.415 e. The van der Waals surface area contributed by atoms with Gasteiger partial charge < -0.3 is 19.5 Å². The number of nitrogens with one attached hydrogen (secondary N) is 2. The van der Waals surface area contributed by atoms with E-state index in [0.717, 1.165) is 31.4 Å². The minimum absolute atomic E-state index is 0.0314. The second-order valence-corrected chi connectivity index (χ2v) is 21.7. The van der Waals surface area contributed by atoms with E-state index in [9.17, 15) is 52.8 Å². The quantitative estimate of drug-likeness (QED) is 0.0728. The molecule has 4 amide bonds. The Kier molecular flexibility index (Phi) is 20.3. The number of nitrogens with zero attached hydrogens (tertiary/aromatic N) is 7. The molecule has 0 atom stereocenters. The molecule has 392 valence electrons. The molecule has 0 unspecified atom stereocenters. The van der Waals surface area contributed by atoms with Gasteiger partial charge in [-0.15, -0.1) is 20.4 Å². The Balaban J connectivity index is 0.000000210. The lowest BCUT2D eigenvalue weighted by Gasteiger charge is -2.28. The Labute approximate surface area is 425 Å². The first-order valence-electron chi connectivity index (χ1n) is 22.6. The van der Waals surface area contributed by atoms with Crippen molar-refractivity contribution in [3.8, 4) is 22.9 Å². The third kappa shape index (κ3) is 16.8. The number of sulfone groups is 2. The molecule has 0 bridgehead atoms. The van der Waals surface area contributed by atoms with E-state index in [1.54, 1.807) is 54.6 Å². The summed E-state index contributed by atoms with van der Waals surface area (Å²) in [7, 11) is -5.57. The number of amides is 4. The van der Waals surface area contributed by atoms with Crippen molar-refractivity contribution in [2.45, 2.75) is 45.2 Å². The van der Waals surface area contributed by atoms with Crippen molar-refractivity contribution in [2.75, 3.05) is 70.9 Å². The number of para-hydroxylation sites is 2. The average Bonchev–Trinajstić information content (AvgIpc) is 4.09. The Morgan fingerprint density at radius 3 is 1.40 bits per heavy atom. The van der Waals surface area contributed by atoms with Gasteiger partial charge in [0.15, 0.2) is 9.84 Å². The van der Waals surface area contributed by atoms with Crippen molar-refractivity contribution < 1.29 is 61.6 Å². The van der Waals surface area contributed by atoms with Crippen LogP contribution >= 0.6 is 15.9 Å². The predicted octanol–water partition coefficient (Wildman–Crippen LogP) is 8.77. The number of anilines is 2. The van der Waals surface area contributed by atoms with Gasteiger partial charge in [-0.2, -0.15) is 17.6 Å². The van der Waals surface area contributed by atoms with Crippen molar-refractivity contribution in [1.29, 1.82) is 0 Å². The zero-order valence-electron chi connectivity index (χ0n) is 38.9. The van der Waals surface area contributed by atoms with Crippen LogP contribution < -0.4 is 20.4 Å². The third-order valence-electron chi connectivity index (χ3n) is 11.1. The number of hydrogen-bond acceptors (Lipinski definition) is 13. The molecule has 73 heavy (non-hydrogen) atoms. The maximum atomic E-state index is 14.9. The first-order chi connectivity index (χ1) is 34.9. The third-order valence-corrected chi connectivity index (χ3v) is 14.9. The van der Waals surface area contributed by atoms with Gasteiger partial charge in [0.25, 0.3) is 11.8 Å². The summed E-state index contributed by atoms with van der Waals surface area (Å²) in [5, 5.41) is 19.6. The molecule has 26 heteroatoms. The van der Waals surface area contributed by atoms with Crippen molar-refractivity contribution in [3.63, 3.8) is 0 Å². The fourth-order valence-electron chi connectivity index (χ4n) is 7.18. The minimum atomic E-state index is -2.99. The fourth-order valence-corrected chi connectivity index (χ4v) is 10.1. The van der Waals surface area contributed by atoms with Gasteiger partial charge in [-0.3, -0.25) is 14.7 Å². The van der Waals surface area contributed by atoms with Gasteiger partial charge in [-0.25, -0.2) is 35.2 Å². The van der Waals surface area contributed by atoms with Crippen LogP contribution in [0, 0.1) is 11.6 Å². The molecule has 2 aliphatic heterocycles. The number of carbonyl (C=O) groups excluding carboxylic acids is 2. The summed E-state index contributed by atoms with van der Waals surface area (Å²) in [5.41, 5.74) is 1.87. The largest absolute Gasteiger partial charge is 0.415 e. The molecule has 8 rings (SSSR count). The molecule has 2 aliphatic rings. The van der Waals surface area contributed by atoms with Crippen LogP contribution in [0.4, 0.5) is 47.3 Å². The van der Waals surface area contributed by atoms with Crippen molar-refractivity contribution >= 4 is 59.0 Å². The van der Waals surface area contributed by atoms with Gasteiger partial charge in [0.2, 0.25) is 11.8 Å². The molecule has 0 radical (unpaired) electrons. The highest BCUT2D eigenvalue weighted by Gasteiger charge is 2.25. The zero-order chi connectivity index (χ0) is 52.5. The number of rotatable bonds is 15. The van der Waals surface area contributed by atoms with Crippen LogP contribution in [0.3, 0.4) is 0 Å². The number of aromatic nitrogens is 4. The van der Waals surface area contributed by atoms with Crippen LogP contribution in [0.25, 0.3) is 22.9 Å². The highest BCUT2D eigenvalue weighted by atomic mass is 79.9. The van der Waals surface area contributed by atoms with Crippen molar-refractivity contribution in [3.05, 3.63) is 132 Å². The second-order valence-electron chi connectivity index (χ2n) is 16.3. The molecule has 2 aromatic heterocycles. The maximum absolute atomic E-state index is 14.9. The molecule has 4 heterocycles. The van der Waals surface area contributed by atoms with Crippen LogP contribution in [0.1, 0.15) is 55.0 Å². The van der Waals surface area contributed by atoms with E-state index >= 15 is 0 Å². The lowest BCUT2D eigenvalue weighted by atomic mass is 10.1. The smallest absolute Gasteiger partial charge is 0.322 e. The van der Waals surface area contributed by atoms with Gasteiger partial charge in [0.1, 0.15) is 21.5 Å². The summed E-state index contributed by atoms with van der Waals surface area (Å²) in [5.74, 6) is -2.39. The van der Waals surface area contributed by atoms with E-state index in [2.05, 4.69) is 47.0 Å². The number of halogens is 7. The van der Waals surface area contributed by atoms with Crippen LogP contribution in [0.15, 0.2) is 106 Å². The molecule has 0 aliphatic carbocycles. The monoisotopic (exact) mass is 1130 g/mol. The van der Waals surface area contributed by atoms with Crippen LogP contribution in [-0.2, 0) is 32.8 Å². The lowest BCUT2D eigenvalue weighted by molar-refractivity contribution is 0.115. The highest BCUT2D eigenvalue weighted by molar-refractivity contribution is 9.09. The Morgan fingerprint density at radius 1 is 0.603 bits per heavy atom. The molecule has 6 aromatic rings. The second kappa shape index (κ2) is 26.5. The molecule has 4 aromatic carbocycles. The molecular weight excluding hydrogens is 1080 g/mol. The molecule has 17 nitrogen and oxygen atoms in total. The fraction of sp³-hybridized carbons (Fsp3) is 0.362. The number of urea groups is 2. The summed E-state index contributed by atoms with van der Waals surface area (Å²) >= 11 is 3.24. The van der Waals surface area contributed by atoms with Crippen LogP contribution in [0.2, 0.25) is 0 Å². The Morgan fingerprint density at radius 2 is 1.03 bits per heavy atom. The van der Waals surface area contributed by atoms with Gasteiger partial charge in [0, 0.05) is 71.7 Å². The number of hydrogen-bond donors (Lipinski definition) is 2. The number of benzene rings is 4. The van der Waals surface area contributed by atoms with Gasteiger partial charge in [-0.05, 0) is 61.4 Å². The summed E-state index contributed by atoms with van der Waals surface area (Å²) < 4.78 is 134. The van der Waals surface area contributed by atoms with E-state index in [-0.39, 0.29) is 71.2 Å². The molecular formula is C47H50BrF6N9O8S2. The van der Waals surface area contributed by atoms with E-state index in [0.29, 0.717) is 54.4 Å². The molecule has 2 fully saturated rings. The summed E-state index contributed by atoms with van der Waals surface area (Å²) in [6.07, 6.45) is -2.99. The number of alkyl halides is 5. The van der Waals surface area contributed by atoms with E-state index in [1.165, 1.54) is 34.1 Å². The van der Waals surface area contributed by atoms with Gasteiger partial charge in [-0.1, -0.05) is 70.9 Å². The number of carbonyl (C=O) groups is 2. The molecule has 2 N–H and O–H groups in total. The van der Waals surface area contributed by atoms with Gasteiger partial charge in [0.05, 0.1) is 36.1 Å². The van der Waals surface area contributed by atoms with E-state index < -0.39 is 62.0 Å². The Hall–Kier alpha value is -6.38. The van der Waals surface area contributed by atoms with Crippen molar-refractivity contribution in [1.82, 2.24) is 35.9 Å². The topological polar surface area (TPSA) is 214 Å². The molecule has 0 spiro atoms. The normalized spacial score (nSPS) is 15.1. The van der Waals surface area contributed by atoms with Crippen LogP contribution in [0.5, 0.6) is 0 Å². The average molecular weight is 1130 g/mol. The molecule has 0 saturated carbocycles. The summed E-state index contributed by atoms with van der Waals surface area (Å²) in [4.78, 5) is 30.3. The first kappa shape index (κ1) is 55.9. The summed E-state index contributed by atoms with van der Waals surface area (Å²) in [6, 6.07) is 24.7. The maximum Gasteiger partial charge on any atom is 0.322 e. The zero-order valence-corrected chi connectivity index (χ0v) is 42.1. The van der Waals surface area contributed by atoms with E-state index in [1.807, 2.05) is 11.0 Å². The Bertz CT molecular complexity index is 2950. The van der Waals surface area contributed by atoms with Crippen molar-refractivity contribution in [2.24, 2.45) is 0 Å². The SMILES string of the molecule is O=C(NCCBr)N(Cc1ccc(-c2nnc(C(F)F)o2)cc1F)c1ccccc1.O=C(NCCN1CCS(=O)(=O)CC1)N(Cc1ccc(-c2nnc(C(F)F)o2)cc1F)c1ccccc1.O=S1(=O)CCCCC1. The lowest BCUT2D eigenvalue weighted by Crippen LogP contribution is -2.46. The predicted molar refractivity (Wildman–Crippen MR) is 263 cm³/mol. The van der Waals surface area contributed by atoms with Crippen LogP contribution in [-0.4, -0.2) is 115 Å². The highest BCUT2D eigenvalue weighted by Crippen LogP contribution is 2.28. The first-order valence-corrected chi connectivity index (χ1v) is 27.4. The standard InChI is InChI=1S/C23H24F3N5O4S.C19H16BrF3N4O2.C5H10O2S/c24-19-14-16(21-28-29-22(35-21)20(25)26)6-7-17(19)15-31(18-4-2-1-3-5-18)23(32)27-8-9-30-10-12-36(33,34)13-11-30;20-8-9-24-19(28)27(14-4-2-1-3-5-14)11-13-7-6-12(10-15(13)21)17-25-26-18(29-17)16(22)23;6-8(7)4-2-1-3-5-8/h1-7,14,20H,8-13,15H2,(H,27,32);1-7,10,16H,8-9,11H2,(H,24,28);1-5H2.